The van der Waals surface area contributed by atoms with Crippen LogP contribution in [0.3, 0.4) is 0 Å². The van der Waals surface area contributed by atoms with Crippen molar-refractivity contribution in [3.05, 3.63) is 69.5 Å². The second-order valence-electron chi connectivity index (χ2n) is 3.82. The second-order valence-corrected chi connectivity index (χ2v) is 3.82. The normalized spacial score (nSPS) is 10.1. The van der Waals surface area contributed by atoms with Gasteiger partial charge in [0.1, 0.15) is 0 Å². The summed E-state index contributed by atoms with van der Waals surface area (Å²) in [5, 5.41) is 10.7. The smallest absolute Gasteiger partial charge is 0.270 e. The molecule has 1 aromatic heterocycles. The standard InChI is InChI=1S/C13H10N2O3/c1-9-2-3-11(15(17)18)8-12(9)13(16)10-4-6-14-7-5-10/h2-8H,1H3. The minimum Gasteiger partial charge on any atom is -0.289 e. The highest BCUT2D eigenvalue weighted by molar-refractivity contribution is 6.10. The van der Waals surface area contributed by atoms with Gasteiger partial charge in [-0.3, -0.25) is 19.9 Å². The molecule has 0 aliphatic rings. The number of hydrogen-bond donors (Lipinski definition) is 0. The SMILES string of the molecule is Cc1ccc([N+](=O)[O-])cc1C(=O)c1ccncc1. The third-order valence-corrected chi connectivity index (χ3v) is 2.62. The van der Waals surface area contributed by atoms with Crippen molar-refractivity contribution in [2.75, 3.05) is 0 Å². The fraction of sp³-hybridized carbons (Fsp3) is 0.0769. The Hall–Kier alpha value is -2.56. The minimum absolute atomic E-state index is 0.0852. The largest absolute Gasteiger partial charge is 0.289 e. The fourth-order valence-corrected chi connectivity index (χ4v) is 1.63. The maximum Gasteiger partial charge on any atom is 0.270 e. The van der Waals surface area contributed by atoms with Gasteiger partial charge in [0.15, 0.2) is 5.78 Å². The monoisotopic (exact) mass is 242 g/mol. The summed E-state index contributed by atoms with van der Waals surface area (Å²) in [7, 11) is 0. The molecule has 0 saturated carbocycles. The first kappa shape index (κ1) is 11.9. The van der Waals surface area contributed by atoms with Crippen LogP contribution in [0.4, 0.5) is 5.69 Å². The number of nitrogens with zero attached hydrogens (tertiary/aromatic N) is 2. The van der Waals surface area contributed by atoms with Gasteiger partial charge in [0.05, 0.1) is 4.92 Å². The highest BCUT2D eigenvalue weighted by atomic mass is 16.6. The molecule has 0 bridgehead atoms. The number of carbonyl (C=O) groups is 1. The lowest BCUT2D eigenvalue weighted by Crippen LogP contribution is -2.04. The van der Waals surface area contributed by atoms with E-state index in [0.717, 1.165) is 0 Å². The summed E-state index contributed by atoms with van der Waals surface area (Å²) >= 11 is 0. The Morgan fingerprint density at radius 2 is 1.89 bits per heavy atom. The molecular formula is C13H10N2O3. The van der Waals surface area contributed by atoms with Gasteiger partial charge in [0.25, 0.3) is 5.69 Å². The molecule has 0 saturated heterocycles. The highest BCUT2D eigenvalue weighted by Gasteiger charge is 2.15. The number of carbonyl (C=O) groups excluding carboxylic acids is 1. The molecule has 0 amide bonds. The number of ketones is 1. The lowest BCUT2D eigenvalue weighted by Gasteiger charge is -2.04. The summed E-state index contributed by atoms with van der Waals surface area (Å²) in [6.07, 6.45) is 3.03. The minimum atomic E-state index is -0.511. The van der Waals surface area contributed by atoms with Crippen LogP contribution in [-0.4, -0.2) is 15.7 Å². The van der Waals surface area contributed by atoms with E-state index in [1.54, 1.807) is 25.1 Å². The molecule has 5 heteroatoms. The Morgan fingerprint density at radius 1 is 1.22 bits per heavy atom. The van der Waals surface area contributed by atoms with Crippen molar-refractivity contribution in [1.82, 2.24) is 4.98 Å². The van der Waals surface area contributed by atoms with Crippen LogP contribution in [0.25, 0.3) is 0 Å². The zero-order valence-corrected chi connectivity index (χ0v) is 9.66. The van der Waals surface area contributed by atoms with Crippen molar-refractivity contribution in [3.63, 3.8) is 0 Å². The zero-order chi connectivity index (χ0) is 13.1. The van der Waals surface area contributed by atoms with Gasteiger partial charge in [-0.2, -0.15) is 0 Å². The summed E-state index contributed by atoms with van der Waals surface area (Å²) in [5.74, 6) is -0.237. The molecule has 0 radical (unpaired) electrons. The van der Waals surface area contributed by atoms with Gasteiger partial charge in [-0.1, -0.05) is 6.07 Å². The van der Waals surface area contributed by atoms with Crippen LogP contribution in [0.1, 0.15) is 21.5 Å². The Labute approximate surface area is 103 Å². The van der Waals surface area contributed by atoms with Crippen molar-refractivity contribution in [3.8, 4) is 0 Å². The van der Waals surface area contributed by atoms with E-state index in [-0.39, 0.29) is 11.5 Å². The molecule has 0 N–H and O–H groups in total. The number of pyridine rings is 1. The van der Waals surface area contributed by atoms with Gasteiger partial charge >= 0.3 is 0 Å². The molecule has 0 aliphatic carbocycles. The number of nitro benzene ring substituents is 1. The van der Waals surface area contributed by atoms with Gasteiger partial charge in [-0.15, -0.1) is 0 Å². The third kappa shape index (κ3) is 2.24. The Bertz CT molecular complexity index is 609. The van der Waals surface area contributed by atoms with Crippen molar-refractivity contribution < 1.29 is 9.72 Å². The van der Waals surface area contributed by atoms with Gasteiger partial charge in [0, 0.05) is 35.7 Å². The molecule has 0 aliphatic heterocycles. The molecule has 18 heavy (non-hydrogen) atoms. The lowest BCUT2D eigenvalue weighted by atomic mass is 9.99. The molecule has 1 aromatic carbocycles. The molecule has 2 rings (SSSR count). The topological polar surface area (TPSA) is 73.1 Å². The number of hydrogen-bond acceptors (Lipinski definition) is 4. The maximum atomic E-state index is 12.2. The van der Waals surface area contributed by atoms with E-state index in [0.29, 0.717) is 16.7 Å². The van der Waals surface area contributed by atoms with Crippen LogP contribution in [-0.2, 0) is 0 Å². The predicted octanol–water partition coefficient (Wildman–Crippen LogP) is 2.53. The van der Waals surface area contributed by atoms with Gasteiger partial charge in [-0.25, -0.2) is 0 Å². The van der Waals surface area contributed by atoms with Crippen LogP contribution in [0, 0.1) is 17.0 Å². The first-order chi connectivity index (χ1) is 8.59. The summed E-state index contributed by atoms with van der Waals surface area (Å²) in [4.78, 5) is 26.2. The quantitative estimate of drug-likeness (QED) is 0.471. The van der Waals surface area contributed by atoms with Gasteiger partial charge in [0.2, 0.25) is 0 Å². The lowest BCUT2D eigenvalue weighted by molar-refractivity contribution is -0.384. The molecule has 0 unspecified atom stereocenters. The number of aromatic nitrogens is 1. The van der Waals surface area contributed by atoms with E-state index in [2.05, 4.69) is 4.98 Å². The summed E-state index contributed by atoms with van der Waals surface area (Å²) in [6, 6.07) is 7.44. The van der Waals surface area contributed by atoms with Crippen molar-refractivity contribution in [2.45, 2.75) is 6.92 Å². The van der Waals surface area contributed by atoms with Gasteiger partial charge < -0.3 is 0 Å². The average molecular weight is 242 g/mol. The van der Waals surface area contributed by atoms with Crippen LogP contribution in [0.5, 0.6) is 0 Å². The fourth-order valence-electron chi connectivity index (χ4n) is 1.63. The molecule has 90 valence electrons. The number of nitro groups is 1. The molecule has 1 heterocycles. The van der Waals surface area contributed by atoms with Crippen LogP contribution in [0.2, 0.25) is 0 Å². The van der Waals surface area contributed by atoms with E-state index in [4.69, 9.17) is 0 Å². The van der Waals surface area contributed by atoms with E-state index in [1.807, 2.05) is 0 Å². The summed E-state index contributed by atoms with van der Waals surface area (Å²) in [6.45, 7) is 1.75. The van der Waals surface area contributed by atoms with E-state index < -0.39 is 4.92 Å². The molecule has 0 atom stereocenters. The number of rotatable bonds is 3. The zero-order valence-electron chi connectivity index (χ0n) is 9.66. The van der Waals surface area contributed by atoms with Crippen LogP contribution in [0.15, 0.2) is 42.7 Å². The number of aryl methyl sites for hydroxylation is 1. The Kier molecular flexibility index (Phi) is 3.14. The Morgan fingerprint density at radius 3 is 2.50 bits per heavy atom. The summed E-state index contributed by atoms with van der Waals surface area (Å²) < 4.78 is 0. The van der Waals surface area contributed by atoms with E-state index in [1.165, 1.54) is 24.5 Å². The molecule has 0 fully saturated rings. The summed E-state index contributed by atoms with van der Waals surface area (Å²) in [5.41, 5.74) is 1.43. The third-order valence-electron chi connectivity index (χ3n) is 2.62. The van der Waals surface area contributed by atoms with Crippen LogP contribution >= 0.6 is 0 Å². The molecule has 5 nitrogen and oxygen atoms in total. The first-order valence-electron chi connectivity index (χ1n) is 5.29. The van der Waals surface area contributed by atoms with Gasteiger partial charge in [-0.05, 0) is 24.6 Å². The molecule has 0 spiro atoms. The number of benzene rings is 1. The Balaban J connectivity index is 2.48. The first-order valence-corrected chi connectivity index (χ1v) is 5.29. The predicted molar refractivity (Wildman–Crippen MR) is 65.5 cm³/mol. The maximum absolute atomic E-state index is 12.2. The number of non-ortho nitro benzene ring substituents is 1. The average Bonchev–Trinajstić information content (AvgIpc) is 2.39. The second kappa shape index (κ2) is 4.75. The van der Waals surface area contributed by atoms with E-state index in [9.17, 15) is 14.9 Å². The molecular weight excluding hydrogens is 232 g/mol. The van der Waals surface area contributed by atoms with Crippen molar-refractivity contribution in [1.29, 1.82) is 0 Å². The van der Waals surface area contributed by atoms with E-state index >= 15 is 0 Å². The molecule has 2 aromatic rings. The van der Waals surface area contributed by atoms with Crippen LogP contribution < -0.4 is 0 Å². The highest BCUT2D eigenvalue weighted by Crippen LogP contribution is 2.20. The van der Waals surface area contributed by atoms with Crippen molar-refractivity contribution in [2.24, 2.45) is 0 Å². The van der Waals surface area contributed by atoms with Crippen molar-refractivity contribution >= 4 is 11.5 Å².